The average Bonchev–Trinajstić information content (AvgIpc) is 3.46. The van der Waals surface area contributed by atoms with Crippen LogP contribution >= 0.6 is 0 Å². The average molecular weight is 400 g/mol. The fraction of sp³-hybridized carbons (Fsp3) is 0.211. The SMILES string of the molecule is O=C(OCN1C(=O)c2ccccc2C1=O)c1ccc(S(=O)(=O)NC2CC2)cc1. The molecule has 0 saturated heterocycles. The number of benzene rings is 2. The lowest BCUT2D eigenvalue weighted by atomic mass is 10.1. The molecule has 0 aromatic heterocycles. The lowest BCUT2D eigenvalue weighted by molar-refractivity contribution is 0.0228. The van der Waals surface area contributed by atoms with Crippen LogP contribution in [0.2, 0.25) is 0 Å². The summed E-state index contributed by atoms with van der Waals surface area (Å²) in [5, 5.41) is 0. The van der Waals surface area contributed by atoms with Gasteiger partial charge >= 0.3 is 5.97 Å². The quantitative estimate of drug-likeness (QED) is 0.582. The van der Waals surface area contributed by atoms with E-state index in [2.05, 4.69) is 4.72 Å². The van der Waals surface area contributed by atoms with Gasteiger partial charge in [-0.3, -0.25) is 9.59 Å². The maximum atomic E-state index is 12.2. The van der Waals surface area contributed by atoms with E-state index in [9.17, 15) is 22.8 Å². The zero-order chi connectivity index (χ0) is 19.9. The first-order valence-corrected chi connectivity index (χ1v) is 10.1. The third kappa shape index (κ3) is 3.41. The lowest BCUT2D eigenvalue weighted by Gasteiger charge is -2.14. The van der Waals surface area contributed by atoms with Crippen LogP contribution in [0.15, 0.2) is 53.4 Å². The molecule has 1 heterocycles. The number of sulfonamides is 1. The number of hydrogen-bond acceptors (Lipinski definition) is 6. The zero-order valence-corrected chi connectivity index (χ0v) is 15.4. The second-order valence-electron chi connectivity index (χ2n) is 6.56. The molecule has 2 amide bonds. The lowest BCUT2D eigenvalue weighted by Crippen LogP contribution is -2.33. The third-order valence-electron chi connectivity index (χ3n) is 4.50. The van der Waals surface area contributed by atoms with Crippen LogP contribution in [0.3, 0.4) is 0 Å². The maximum Gasteiger partial charge on any atom is 0.339 e. The molecule has 1 fully saturated rings. The first-order chi connectivity index (χ1) is 13.4. The molecule has 8 nitrogen and oxygen atoms in total. The van der Waals surface area contributed by atoms with E-state index in [4.69, 9.17) is 4.74 Å². The van der Waals surface area contributed by atoms with Crippen LogP contribution in [0.1, 0.15) is 43.9 Å². The van der Waals surface area contributed by atoms with Gasteiger partial charge in [-0.15, -0.1) is 0 Å². The minimum Gasteiger partial charge on any atom is -0.440 e. The van der Waals surface area contributed by atoms with Gasteiger partial charge < -0.3 is 4.74 Å². The normalized spacial score (nSPS) is 16.2. The van der Waals surface area contributed by atoms with Crippen molar-refractivity contribution < 1.29 is 27.5 Å². The van der Waals surface area contributed by atoms with Gasteiger partial charge in [-0.2, -0.15) is 0 Å². The summed E-state index contributed by atoms with van der Waals surface area (Å²) in [6.07, 6.45) is 1.64. The Labute approximate surface area is 161 Å². The molecule has 0 radical (unpaired) electrons. The van der Waals surface area contributed by atoms with Crippen LogP contribution in [-0.2, 0) is 14.8 Å². The van der Waals surface area contributed by atoms with Crippen molar-refractivity contribution in [3.8, 4) is 0 Å². The Morgan fingerprint density at radius 3 is 2.11 bits per heavy atom. The van der Waals surface area contributed by atoms with E-state index < -0.39 is 34.5 Å². The van der Waals surface area contributed by atoms with E-state index in [1.54, 1.807) is 12.1 Å². The summed E-state index contributed by atoms with van der Waals surface area (Å²) in [6.45, 7) is -0.519. The van der Waals surface area contributed by atoms with Gasteiger partial charge in [-0.25, -0.2) is 22.8 Å². The standard InChI is InChI=1S/C19H16N2O6S/c22-17-15-3-1-2-4-16(15)18(23)21(17)11-27-19(24)12-5-9-14(10-6-12)28(25,26)20-13-7-8-13/h1-6,9-10,13,20H,7-8,11H2. The Morgan fingerprint density at radius 1 is 1.00 bits per heavy atom. The Bertz CT molecular complexity index is 1040. The molecule has 1 N–H and O–H groups in total. The number of imide groups is 1. The molecular formula is C19H16N2O6S. The van der Waals surface area contributed by atoms with Gasteiger partial charge in [0, 0.05) is 6.04 Å². The van der Waals surface area contributed by atoms with Crippen LogP contribution in [0.4, 0.5) is 0 Å². The van der Waals surface area contributed by atoms with Crippen molar-refractivity contribution >= 4 is 27.8 Å². The molecule has 0 atom stereocenters. The van der Waals surface area contributed by atoms with Crippen molar-refractivity contribution in [1.29, 1.82) is 0 Å². The number of rotatable bonds is 6. The smallest absolute Gasteiger partial charge is 0.339 e. The number of amides is 2. The van der Waals surface area contributed by atoms with Crippen molar-refractivity contribution in [3.63, 3.8) is 0 Å². The number of ether oxygens (including phenoxy) is 1. The van der Waals surface area contributed by atoms with E-state index in [0.29, 0.717) is 0 Å². The van der Waals surface area contributed by atoms with Crippen LogP contribution in [0, 0.1) is 0 Å². The highest BCUT2D eigenvalue weighted by Gasteiger charge is 2.36. The Balaban J connectivity index is 1.41. The first kappa shape index (κ1) is 18.3. The summed E-state index contributed by atoms with van der Waals surface area (Å²) in [7, 11) is -3.61. The molecule has 4 rings (SSSR count). The highest BCUT2D eigenvalue weighted by Crippen LogP contribution is 2.23. The zero-order valence-electron chi connectivity index (χ0n) is 14.6. The van der Waals surface area contributed by atoms with E-state index in [1.165, 1.54) is 36.4 Å². The first-order valence-electron chi connectivity index (χ1n) is 8.61. The van der Waals surface area contributed by atoms with Gasteiger partial charge in [0.25, 0.3) is 11.8 Å². The Kier molecular flexibility index (Phi) is 4.48. The largest absolute Gasteiger partial charge is 0.440 e. The van der Waals surface area contributed by atoms with Crippen LogP contribution < -0.4 is 4.72 Å². The molecule has 1 saturated carbocycles. The van der Waals surface area contributed by atoms with E-state index in [-0.39, 0.29) is 27.6 Å². The maximum absolute atomic E-state index is 12.2. The number of carbonyl (C=O) groups is 3. The van der Waals surface area contributed by atoms with Gasteiger partial charge in [-0.05, 0) is 49.2 Å². The van der Waals surface area contributed by atoms with Crippen molar-refractivity contribution in [3.05, 3.63) is 65.2 Å². The molecule has 1 aliphatic heterocycles. The molecule has 144 valence electrons. The Hall–Kier alpha value is -3.04. The van der Waals surface area contributed by atoms with Crippen molar-refractivity contribution in [1.82, 2.24) is 9.62 Å². The van der Waals surface area contributed by atoms with E-state index in [0.717, 1.165) is 17.7 Å². The van der Waals surface area contributed by atoms with Crippen LogP contribution in [-0.4, -0.2) is 43.9 Å². The highest BCUT2D eigenvalue weighted by molar-refractivity contribution is 7.89. The number of esters is 1. The minimum atomic E-state index is -3.61. The highest BCUT2D eigenvalue weighted by atomic mass is 32.2. The Morgan fingerprint density at radius 2 is 1.57 bits per heavy atom. The van der Waals surface area contributed by atoms with Crippen molar-refractivity contribution in [2.75, 3.05) is 6.73 Å². The van der Waals surface area contributed by atoms with Crippen LogP contribution in [0.5, 0.6) is 0 Å². The molecular weight excluding hydrogens is 384 g/mol. The van der Waals surface area contributed by atoms with Gasteiger partial charge in [0.2, 0.25) is 10.0 Å². The third-order valence-corrected chi connectivity index (χ3v) is 6.04. The number of hydrogen-bond donors (Lipinski definition) is 1. The topological polar surface area (TPSA) is 110 Å². The fourth-order valence-corrected chi connectivity index (χ4v) is 4.13. The van der Waals surface area contributed by atoms with Gasteiger partial charge in [0.15, 0.2) is 6.73 Å². The number of nitrogens with one attached hydrogen (secondary N) is 1. The monoisotopic (exact) mass is 400 g/mol. The molecule has 0 spiro atoms. The second-order valence-corrected chi connectivity index (χ2v) is 8.28. The molecule has 0 unspecified atom stereocenters. The van der Waals surface area contributed by atoms with E-state index in [1.807, 2.05) is 0 Å². The van der Waals surface area contributed by atoms with Gasteiger partial charge in [0.05, 0.1) is 21.6 Å². The summed E-state index contributed by atoms with van der Waals surface area (Å²) in [4.78, 5) is 37.6. The molecule has 9 heteroatoms. The van der Waals surface area contributed by atoms with Crippen LogP contribution in [0.25, 0.3) is 0 Å². The van der Waals surface area contributed by atoms with Crippen molar-refractivity contribution in [2.45, 2.75) is 23.8 Å². The molecule has 28 heavy (non-hydrogen) atoms. The summed E-state index contributed by atoms with van der Waals surface area (Å²) in [6, 6.07) is 11.6. The molecule has 2 aromatic rings. The summed E-state index contributed by atoms with van der Waals surface area (Å²) >= 11 is 0. The second kappa shape index (κ2) is 6.84. The van der Waals surface area contributed by atoms with Gasteiger partial charge in [-0.1, -0.05) is 12.1 Å². The summed E-state index contributed by atoms with van der Waals surface area (Å²) < 4.78 is 31.9. The fourth-order valence-electron chi connectivity index (χ4n) is 2.82. The molecule has 2 aliphatic rings. The van der Waals surface area contributed by atoms with Crippen molar-refractivity contribution in [2.24, 2.45) is 0 Å². The van der Waals surface area contributed by atoms with E-state index >= 15 is 0 Å². The molecule has 0 bridgehead atoms. The predicted octanol–water partition coefficient (Wildman–Crippen LogP) is 1.54. The predicted molar refractivity (Wildman–Crippen MR) is 97.0 cm³/mol. The number of fused-ring (bicyclic) bond motifs is 1. The number of carbonyl (C=O) groups excluding carboxylic acids is 3. The summed E-state index contributed by atoms with van der Waals surface area (Å²) in [5.74, 6) is -1.82. The molecule has 1 aliphatic carbocycles. The van der Waals surface area contributed by atoms with Gasteiger partial charge in [0.1, 0.15) is 0 Å². The minimum absolute atomic E-state index is 0.0192. The number of nitrogens with zero attached hydrogens (tertiary/aromatic N) is 1. The molecule has 2 aromatic carbocycles. The summed E-state index contributed by atoms with van der Waals surface area (Å²) in [5.41, 5.74) is 0.643.